The first-order valence-electron chi connectivity index (χ1n) is 10.3. The van der Waals surface area contributed by atoms with Gasteiger partial charge < -0.3 is 15.5 Å². The molecule has 0 bridgehead atoms. The lowest BCUT2D eigenvalue weighted by molar-refractivity contribution is -0.116. The van der Waals surface area contributed by atoms with E-state index in [4.69, 9.17) is 0 Å². The van der Waals surface area contributed by atoms with Gasteiger partial charge in [-0.1, -0.05) is 25.0 Å². The van der Waals surface area contributed by atoms with Gasteiger partial charge in [0.25, 0.3) is 5.91 Å². The van der Waals surface area contributed by atoms with Gasteiger partial charge in [0.1, 0.15) is 0 Å². The molecule has 3 rings (SSSR count). The molecule has 2 N–H and O–H groups in total. The Morgan fingerprint density at radius 3 is 2.41 bits per heavy atom. The summed E-state index contributed by atoms with van der Waals surface area (Å²) in [5.41, 5.74) is 1.58. The number of likely N-dealkylation sites (tertiary alicyclic amines) is 1. The molecule has 1 heterocycles. The summed E-state index contributed by atoms with van der Waals surface area (Å²) in [6, 6.07) is 7.70. The Hall–Kier alpha value is -2.14. The third kappa shape index (κ3) is 7.18. The Labute approximate surface area is 162 Å². The molecule has 5 nitrogen and oxygen atoms in total. The minimum atomic E-state index is -0.0681. The lowest BCUT2D eigenvalue weighted by atomic mass is 10.1. The predicted octanol–water partition coefficient (Wildman–Crippen LogP) is 2.97. The van der Waals surface area contributed by atoms with Gasteiger partial charge in [0.2, 0.25) is 5.91 Å². The SMILES string of the molecule is O=C(/C=C/c1ccc(C(=O)NC2CC2)cc1)NCCCN1CCCCCC1. The molecule has 2 fully saturated rings. The summed E-state index contributed by atoms with van der Waals surface area (Å²) in [5.74, 6) is -0.0865. The molecule has 27 heavy (non-hydrogen) atoms. The average molecular weight is 370 g/mol. The van der Waals surface area contributed by atoms with E-state index < -0.39 is 0 Å². The first kappa shape index (κ1) is 19.6. The molecule has 1 aliphatic carbocycles. The summed E-state index contributed by atoms with van der Waals surface area (Å²) in [5, 5.41) is 5.92. The summed E-state index contributed by atoms with van der Waals surface area (Å²) in [4.78, 5) is 26.4. The molecule has 2 aliphatic rings. The molecule has 0 spiro atoms. The second-order valence-corrected chi connectivity index (χ2v) is 7.60. The van der Waals surface area contributed by atoms with Crippen LogP contribution in [0.25, 0.3) is 6.08 Å². The predicted molar refractivity (Wildman–Crippen MR) is 108 cm³/mol. The van der Waals surface area contributed by atoms with Crippen LogP contribution < -0.4 is 10.6 Å². The first-order valence-corrected chi connectivity index (χ1v) is 10.3. The molecule has 146 valence electrons. The number of nitrogens with zero attached hydrogens (tertiary/aromatic N) is 1. The minimum absolute atomic E-state index is 0.0184. The number of benzene rings is 1. The third-order valence-electron chi connectivity index (χ3n) is 5.16. The normalized spacial score (nSPS) is 18.2. The van der Waals surface area contributed by atoms with Crippen molar-refractivity contribution in [3.05, 3.63) is 41.5 Å². The molecule has 5 heteroatoms. The van der Waals surface area contributed by atoms with E-state index in [1.165, 1.54) is 38.8 Å². The number of rotatable bonds is 8. The maximum Gasteiger partial charge on any atom is 0.251 e. The van der Waals surface area contributed by atoms with Crippen molar-refractivity contribution in [2.24, 2.45) is 0 Å². The van der Waals surface area contributed by atoms with Gasteiger partial charge in [-0.2, -0.15) is 0 Å². The van der Waals surface area contributed by atoms with Crippen LogP contribution in [0.3, 0.4) is 0 Å². The average Bonchev–Trinajstić information content (AvgIpc) is 3.51. The summed E-state index contributed by atoms with van der Waals surface area (Å²) in [7, 11) is 0. The number of amides is 2. The van der Waals surface area contributed by atoms with Crippen molar-refractivity contribution in [2.45, 2.75) is 51.0 Å². The largest absolute Gasteiger partial charge is 0.353 e. The van der Waals surface area contributed by atoms with Gasteiger partial charge in [0.15, 0.2) is 0 Å². The Morgan fingerprint density at radius 2 is 1.74 bits per heavy atom. The van der Waals surface area contributed by atoms with Crippen molar-refractivity contribution in [1.82, 2.24) is 15.5 Å². The Bertz CT molecular complexity index is 642. The van der Waals surface area contributed by atoms with Crippen molar-refractivity contribution in [2.75, 3.05) is 26.2 Å². The Morgan fingerprint density at radius 1 is 1.04 bits per heavy atom. The van der Waals surface area contributed by atoms with Gasteiger partial charge in [-0.3, -0.25) is 9.59 Å². The highest BCUT2D eigenvalue weighted by atomic mass is 16.2. The highest BCUT2D eigenvalue weighted by molar-refractivity contribution is 5.95. The van der Waals surface area contributed by atoms with Gasteiger partial charge in [0, 0.05) is 24.2 Å². The van der Waals surface area contributed by atoms with Crippen LogP contribution >= 0.6 is 0 Å². The summed E-state index contributed by atoms with van der Waals surface area (Å²) in [6.07, 6.45) is 11.8. The van der Waals surface area contributed by atoms with E-state index in [-0.39, 0.29) is 11.8 Å². The van der Waals surface area contributed by atoms with Crippen molar-refractivity contribution in [1.29, 1.82) is 0 Å². The second kappa shape index (κ2) is 10.3. The zero-order chi connectivity index (χ0) is 18.9. The molecule has 0 atom stereocenters. The van der Waals surface area contributed by atoms with Gasteiger partial charge in [0.05, 0.1) is 0 Å². The molecule has 1 saturated heterocycles. The fraction of sp³-hybridized carbons (Fsp3) is 0.545. The maximum atomic E-state index is 12.0. The van der Waals surface area contributed by atoms with Crippen LogP contribution in [0.15, 0.2) is 30.3 Å². The van der Waals surface area contributed by atoms with E-state index in [0.29, 0.717) is 18.2 Å². The zero-order valence-corrected chi connectivity index (χ0v) is 16.1. The molecular weight excluding hydrogens is 338 g/mol. The lowest BCUT2D eigenvalue weighted by Gasteiger charge is -2.19. The van der Waals surface area contributed by atoms with Crippen LogP contribution in [0.4, 0.5) is 0 Å². The van der Waals surface area contributed by atoms with Gasteiger partial charge >= 0.3 is 0 Å². The van der Waals surface area contributed by atoms with Crippen LogP contribution in [0, 0.1) is 0 Å². The van der Waals surface area contributed by atoms with E-state index in [0.717, 1.165) is 31.4 Å². The van der Waals surface area contributed by atoms with Crippen molar-refractivity contribution in [3.63, 3.8) is 0 Å². The van der Waals surface area contributed by atoms with E-state index >= 15 is 0 Å². The van der Waals surface area contributed by atoms with Gasteiger partial charge in [-0.15, -0.1) is 0 Å². The van der Waals surface area contributed by atoms with Crippen LogP contribution in [0.2, 0.25) is 0 Å². The molecule has 1 aliphatic heterocycles. The van der Waals surface area contributed by atoms with E-state index in [1.807, 2.05) is 12.1 Å². The van der Waals surface area contributed by atoms with Gasteiger partial charge in [-0.25, -0.2) is 0 Å². The highest BCUT2D eigenvalue weighted by Gasteiger charge is 2.23. The molecule has 2 amide bonds. The smallest absolute Gasteiger partial charge is 0.251 e. The van der Waals surface area contributed by atoms with Crippen LogP contribution in [-0.2, 0) is 4.79 Å². The quantitative estimate of drug-likeness (QED) is 0.547. The number of hydrogen-bond donors (Lipinski definition) is 2. The summed E-state index contributed by atoms with van der Waals surface area (Å²) in [6.45, 7) is 4.17. The van der Waals surface area contributed by atoms with E-state index in [2.05, 4.69) is 15.5 Å². The second-order valence-electron chi connectivity index (χ2n) is 7.60. The first-order chi connectivity index (χ1) is 13.2. The van der Waals surface area contributed by atoms with E-state index in [9.17, 15) is 9.59 Å². The lowest BCUT2D eigenvalue weighted by Crippen LogP contribution is -2.30. The monoisotopic (exact) mass is 369 g/mol. The maximum absolute atomic E-state index is 12.0. The zero-order valence-electron chi connectivity index (χ0n) is 16.1. The fourth-order valence-electron chi connectivity index (χ4n) is 3.35. The number of hydrogen-bond acceptors (Lipinski definition) is 3. The Balaban J connectivity index is 1.34. The number of carbonyl (C=O) groups excluding carboxylic acids is 2. The molecule has 1 aromatic carbocycles. The van der Waals surface area contributed by atoms with Crippen LogP contribution in [-0.4, -0.2) is 48.9 Å². The molecular formula is C22H31N3O2. The van der Waals surface area contributed by atoms with E-state index in [1.54, 1.807) is 24.3 Å². The summed E-state index contributed by atoms with van der Waals surface area (Å²) >= 11 is 0. The topological polar surface area (TPSA) is 61.4 Å². The minimum Gasteiger partial charge on any atom is -0.353 e. The molecule has 1 aromatic rings. The molecule has 0 radical (unpaired) electrons. The molecule has 1 saturated carbocycles. The fourth-order valence-corrected chi connectivity index (χ4v) is 3.35. The molecule has 0 aromatic heterocycles. The Kier molecular flexibility index (Phi) is 7.45. The third-order valence-corrected chi connectivity index (χ3v) is 5.16. The van der Waals surface area contributed by atoms with Crippen LogP contribution in [0.5, 0.6) is 0 Å². The number of carbonyl (C=O) groups is 2. The van der Waals surface area contributed by atoms with Crippen molar-refractivity contribution < 1.29 is 9.59 Å². The molecule has 0 unspecified atom stereocenters. The van der Waals surface area contributed by atoms with Crippen molar-refractivity contribution >= 4 is 17.9 Å². The van der Waals surface area contributed by atoms with Crippen LogP contribution in [0.1, 0.15) is 60.9 Å². The standard InChI is InChI=1S/C22H31N3O2/c26-21(23-14-5-17-25-15-3-1-2-4-16-25)13-8-18-6-9-19(10-7-18)22(27)24-20-11-12-20/h6-10,13,20H,1-5,11-12,14-17H2,(H,23,26)(H,24,27)/b13-8+. The van der Waals surface area contributed by atoms with Crippen molar-refractivity contribution in [3.8, 4) is 0 Å². The summed E-state index contributed by atoms with van der Waals surface area (Å²) < 4.78 is 0. The van der Waals surface area contributed by atoms with Gasteiger partial charge in [-0.05, 0) is 75.5 Å². The highest BCUT2D eigenvalue weighted by Crippen LogP contribution is 2.19. The number of nitrogens with one attached hydrogen (secondary N) is 2.